The van der Waals surface area contributed by atoms with Crippen LogP contribution in [0.25, 0.3) is 0 Å². The second kappa shape index (κ2) is 6.63. The van der Waals surface area contributed by atoms with Crippen LogP contribution in [0.3, 0.4) is 0 Å². The maximum absolute atomic E-state index is 13.3. The minimum atomic E-state index is -1.20. The zero-order valence-electron chi connectivity index (χ0n) is 15.0. The number of imide groups is 1. The van der Waals surface area contributed by atoms with Crippen molar-refractivity contribution in [2.75, 3.05) is 13.3 Å². The summed E-state index contributed by atoms with van der Waals surface area (Å²) in [6.45, 7) is 1.29. The van der Waals surface area contributed by atoms with Gasteiger partial charge in [0, 0.05) is 12.0 Å². The number of Topliss-reactive ketones (excluding diaryl/α,β-unsaturated/α-hetero) is 1. The number of carbonyl (C=O) groups is 3. The summed E-state index contributed by atoms with van der Waals surface area (Å²) in [4.78, 5) is 38.4. The number of ketones is 1. The molecule has 2 aromatic carbocycles. The molecule has 0 aliphatic carbocycles. The van der Waals surface area contributed by atoms with E-state index in [0.29, 0.717) is 11.5 Å². The summed E-state index contributed by atoms with van der Waals surface area (Å²) in [5.74, 6) is -0.389. The molecule has 3 amide bonds. The van der Waals surface area contributed by atoms with Gasteiger partial charge in [-0.05, 0) is 36.8 Å². The standard InChI is InChI=1S/C20H17FN2O5/c1-20(9-12-5-6-16-17(7-12)28-11-27-16)18(25)23(19(26)22-20)10-15(24)13-3-2-4-14(21)8-13/h2-8H,9-11H2,1H3,(H,22,26)/t20-/m0/s1. The lowest BCUT2D eigenvalue weighted by molar-refractivity contribution is -0.130. The molecule has 0 aromatic heterocycles. The first kappa shape index (κ1) is 18.0. The predicted octanol–water partition coefficient (Wildman–Crippen LogP) is 2.29. The van der Waals surface area contributed by atoms with E-state index < -0.39 is 35.6 Å². The Morgan fingerprint density at radius 3 is 2.75 bits per heavy atom. The molecule has 0 radical (unpaired) electrons. The predicted molar refractivity (Wildman–Crippen MR) is 95.6 cm³/mol. The van der Waals surface area contributed by atoms with Gasteiger partial charge in [-0.15, -0.1) is 0 Å². The monoisotopic (exact) mass is 384 g/mol. The smallest absolute Gasteiger partial charge is 0.325 e. The first-order valence-corrected chi connectivity index (χ1v) is 8.67. The van der Waals surface area contributed by atoms with Gasteiger partial charge in [0.15, 0.2) is 17.3 Å². The highest BCUT2D eigenvalue weighted by Gasteiger charge is 2.48. The van der Waals surface area contributed by atoms with Gasteiger partial charge in [0.05, 0.1) is 6.54 Å². The molecule has 1 saturated heterocycles. The summed E-state index contributed by atoms with van der Waals surface area (Å²) < 4.78 is 23.9. The average molecular weight is 384 g/mol. The van der Waals surface area contributed by atoms with Gasteiger partial charge in [-0.25, -0.2) is 9.18 Å². The molecule has 28 heavy (non-hydrogen) atoms. The van der Waals surface area contributed by atoms with Crippen molar-refractivity contribution in [3.05, 3.63) is 59.4 Å². The zero-order valence-corrected chi connectivity index (χ0v) is 15.0. The minimum Gasteiger partial charge on any atom is -0.454 e. The second-order valence-corrected chi connectivity index (χ2v) is 6.95. The van der Waals surface area contributed by atoms with Crippen LogP contribution in [-0.2, 0) is 11.2 Å². The largest absolute Gasteiger partial charge is 0.454 e. The van der Waals surface area contributed by atoms with Crippen LogP contribution in [0.5, 0.6) is 11.5 Å². The number of hydrogen-bond acceptors (Lipinski definition) is 5. The first-order chi connectivity index (χ1) is 13.4. The maximum Gasteiger partial charge on any atom is 0.325 e. The number of halogens is 1. The fraction of sp³-hybridized carbons (Fsp3) is 0.250. The van der Waals surface area contributed by atoms with Gasteiger partial charge < -0.3 is 14.8 Å². The van der Waals surface area contributed by atoms with Crippen molar-refractivity contribution in [1.29, 1.82) is 0 Å². The van der Waals surface area contributed by atoms with E-state index in [4.69, 9.17) is 9.47 Å². The Labute approximate surface area is 160 Å². The topological polar surface area (TPSA) is 84.9 Å². The molecule has 2 aliphatic rings. The summed E-state index contributed by atoms with van der Waals surface area (Å²) >= 11 is 0. The lowest BCUT2D eigenvalue weighted by Crippen LogP contribution is -2.46. The van der Waals surface area contributed by atoms with Gasteiger partial charge in [0.1, 0.15) is 11.4 Å². The molecular formula is C20H17FN2O5. The van der Waals surface area contributed by atoms with Crippen LogP contribution >= 0.6 is 0 Å². The van der Waals surface area contributed by atoms with Gasteiger partial charge in [-0.2, -0.15) is 0 Å². The molecule has 1 fully saturated rings. The van der Waals surface area contributed by atoms with E-state index in [1.165, 1.54) is 18.2 Å². The van der Waals surface area contributed by atoms with Gasteiger partial charge in [-0.1, -0.05) is 18.2 Å². The molecule has 0 unspecified atom stereocenters. The fourth-order valence-corrected chi connectivity index (χ4v) is 3.37. The van der Waals surface area contributed by atoms with Crippen LogP contribution in [0.2, 0.25) is 0 Å². The lowest BCUT2D eigenvalue weighted by Gasteiger charge is -2.21. The molecule has 2 heterocycles. The van der Waals surface area contributed by atoms with E-state index in [9.17, 15) is 18.8 Å². The summed E-state index contributed by atoms with van der Waals surface area (Å²) in [5.41, 5.74) is -0.323. The van der Waals surface area contributed by atoms with Gasteiger partial charge in [0.25, 0.3) is 5.91 Å². The van der Waals surface area contributed by atoms with E-state index in [1.54, 1.807) is 25.1 Å². The fourth-order valence-electron chi connectivity index (χ4n) is 3.37. The number of amides is 3. The molecule has 2 aliphatic heterocycles. The van der Waals surface area contributed by atoms with E-state index in [2.05, 4.69) is 5.32 Å². The highest BCUT2D eigenvalue weighted by Crippen LogP contribution is 2.34. The number of nitrogens with one attached hydrogen (secondary N) is 1. The Balaban J connectivity index is 1.50. The molecular weight excluding hydrogens is 367 g/mol. The molecule has 7 nitrogen and oxygen atoms in total. The molecule has 144 valence electrons. The summed E-state index contributed by atoms with van der Waals surface area (Å²) in [6.07, 6.45) is 0.221. The SMILES string of the molecule is C[C@@]1(Cc2ccc3c(c2)OCO3)NC(=O)N(CC(=O)c2cccc(F)c2)C1=O. The first-order valence-electron chi connectivity index (χ1n) is 8.67. The van der Waals surface area contributed by atoms with Gasteiger partial charge in [-0.3, -0.25) is 14.5 Å². The average Bonchev–Trinajstić information content (AvgIpc) is 3.19. The quantitative estimate of drug-likeness (QED) is 0.632. The number of fused-ring (bicyclic) bond motifs is 1. The van der Waals surface area contributed by atoms with Crippen LogP contribution in [0, 0.1) is 5.82 Å². The van der Waals surface area contributed by atoms with Gasteiger partial charge in [0.2, 0.25) is 6.79 Å². The summed E-state index contributed by atoms with van der Waals surface area (Å²) in [6, 6.07) is 9.77. The van der Waals surface area contributed by atoms with Crippen LogP contribution in [0.1, 0.15) is 22.8 Å². The van der Waals surface area contributed by atoms with Crippen LogP contribution in [-0.4, -0.2) is 41.5 Å². The van der Waals surface area contributed by atoms with Crippen molar-refractivity contribution in [1.82, 2.24) is 10.2 Å². The van der Waals surface area contributed by atoms with E-state index in [0.717, 1.165) is 16.5 Å². The van der Waals surface area contributed by atoms with Crippen molar-refractivity contribution in [3.8, 4) is 11.5 Å². The lowest BCUT2D eigenvalue weighted by atomic mass is 9.92. The molecule has 1 N–H and O–H groups in total. The van der Waals surface area contributed by atoms with Crippen molar-refractivity contribution in [2.24, 2.45) is 0 Å². The van der Waals surface area contributed by atoms with Crippen molar-refractivity contribution in [2.45, 2.75) is 18.9 Å². The second-order valence-electron chi connectivity index (χ2n) is 6.95. The van der Waals surface area contributed by atoms with Gasteiger partial charge >= 0.3 is 6.03 Å². The number of urea groups is 1. The molecule has 8 heteroatoms. The van der Waals surface area contributed by atoms with Crippen LogP contribution in [0.15, 0.2) is 42.5 Å². The van der Waals surface area contributed by atoms with Crippen molar-refractivity contribution < 1.29 is 28.2 Å². The highest BCUT2D eigenvalue weighted by atomic mass is 19.1. The number of carbonyl (C=O) groups excluding carboxylic acids is 3. The van der Waals surface area contributed by atoms with E-state index in [-0.39, 0.29) is 18.8 Å². The van der Waals surface area contributed by atoms with Crippen LogP contribution < -0.4 is 14.8 Å². The summed E-state index contributed by atoms with van der Waals surface area (Å²) in [5, 5.41) is 2.65. The molecule has 1 atom stereocenters. The molecule has 0 spiro atoms. The Bertz CT molecular complexity index is 992. The molecule has 2 aromatic rings. The summed E-state index contributed by atoms with van der Waals surface area (Å²) in [7, 11) is 0. The number of ether oxygens (including phenoxy) is 2. The van der Waals surface area contributed by atoms with E-state index in [1.807, 2.05) is 0 Å². The number of benzene rings is 2. The van der Waals surface area contributed by atoms with E-state index >= 15 is 0 Å². The Morgan fingerprint density at radius 1 is 1.18 bits per heavy atom. The third-order valence-corrected chi connectivity index (χ3v) is 4.79. The number of hydrogen-bond donors (Lipinski definition) is 1. The minimum absolute atomic E-state index is 0.102. The zero-order chi connectivity index (χ0) is 19.9. The Morgan fingerprint density at radius 2 is 1.96 bits per heavy atom. The number of nitrogens with zero attached hydrogens (tertiary/aromatic N) is 1. The normalized spacial score (nSPS) is 20.4. The van der Waals surface area contributed by atoms with Crippen LogP contribution in [0.4, 0.5) is 9.18 Å². The molecule has 4 rings (SSSR count). The highest BCUT2D eigenvalue weighted by molar-refractivity contribution is 6.11. The third-order valence-electron chi connectivity index (χ3n) is 4.79. The number of rotatable bonds is 5. The maximum atomic E-state index is 13.3. The Hall–Kier alpha value is -3.42. The molecule has 0 bridgehead atoms. The third kappa shape index (κ3) is 3.17. The Kier molecular flexibility index (Phi) is 4.26. The van der Waals surface area contributed by atoms with Crippen molar-refractivity contribution >= 4 is 17.7 Å². The van der Waals surface area contributed by atoms with Crippen molar-refractivity contribution in [3.63, 3.8) is 0 Å². The molecule has 0 saturated carbocycles.